The van der Waals surface area contributed by atoms with Crippen LogP contribution in [-0.4, -0.2) is 14.5 Å². The van der Waals surface area contributed by atoms with Gasteiger partial charge in [-0.1, -0.05) is 11.6 Å². The van der Waals surface area contributed by atoms with Crippen LogP contribution in [0.4, 0.5) is 11.6 Å². The van der Waals surface area contributed by atoms with Gasteiger partial charge in [0.15, 0.2) is 0 Å². The van der Waals surface area contributed by atoms with Crippen molar-refractivity contribution in [2.24, 2.45) is 0 Å². The number of benzene rings is 1. The summed E-state index contributed by atoms with van der Waals surface area (Å²) < 4.78 is 2.05. The maximum atomic E-state index is 5.88. The van der Waals surface area contributed by atoms with Gasteiger partial charge in [-0.05, 0) is 55.8 Å². The molecule has 0 spiro atoms. The van der Waals surface area contributed by atoms with Gasteiger partial charge in [0.05, 0.1) is 0 Å². The highest BCUT2D eigenvalue weighted by atomic mass is 35.5. The van der Waals surface area contributed by atoms with Gasteiger partial charge < -0.3 is 9.88 Å². The summed E-state index contributed by atoms with van der Waals surface area (Å²) in [4.78, 5) is 8.79. The van der Waals surface area contributed by atoms with E-state index in [9.17, 15) is 0 Å². The Balaban J connectivity index is 1.89. The number of aryl methyl sites for hydroxylation is 2. The normalized spacial score (nSPS) is 10.6. The molecule has 3 rings (SSSR count). The lowest BCUT2D eigenvalue weighted by atomic mass is 10.3. The van der Waals surface area contributed by atoms with Gasteiger partial charge in [0.1, 0.15) is 5.82 Å². The van der Waals surface area contributed by atoms with Gasteiger partial charge >= 0.3 is 0 Å². The highest BCUT2D eigenvalue weighted by molar-refractivity contribution is 6.30. The van der Waals surface area contributed by atoms with Crippen LogP contribution in [0.3, 0.4) is 0 Å². The van der Waals surface area contributed by atoms with Crippen molar-refractivity contribution >= 4 is 23.2 Å². The van der Waals surface area contributed by atoms with Crippen molar-refractivity contribution in [2.75, 3.05) is 5.32 Å². The molecule has 5 heteroatoms. The molecule has 0 amide bonds. The fourth-order valence-electron chi connectivity index (χ4n) is 2.19. The van der Waals surface area contributed by atoms with E-state index < -0.39 is 0 Å². The summed E-state index contributed by atoms with van der Waals surface area (Å²) in [6.07, 6.45) is 3.80. The van der Waals surface area contributed by atoms with E-state index in [1.165, 1.54) is 5.56 Å². The average Bonchev–Trinajstić information content (AvgIpc) is 2.81. The van der Waals surface area contributed by atoms with E-state index in [2.05, 4.69) is 41.4 Å². The largest absolute Gasteiger partial charge is 0.324 e. The van der Waals surface area contributed by atoms with E-state index in [1.54, 1.807) is 6.20 Å². The molecule has 3 aromatic rings. The van der Waals surface area contributed by atoms with Gasteiger partial charge in [0.25, 0.3) is 0 Å². The summed E-state index contributed by atoms with van der Waals surface area (Å²) in [5, 5.41) is 3.88. The van der Waals surface area contributed by atoms with Crippen molar-refractivity contribution in [1.82, 2.24) is 14.5 Å². The summed E-state index contributed by atoms with van der Waals surface area (Å²) in [5.74, 6) is 1.40. The monoisotopic (exact) mass is 298 g/mol. The first-order valence-corrected chi connectivity index (χ1v) is 7.01. The number of nitrogens with zero attached hydrogens (tertiary/aromatic N) is 3. The van der Waals surface area contributed by atoms with Crippen molar-refractivity contribution in [2.45, 2.75) is 13.8 Å². The van der Waals surface area contributed by atoms with Crippen LogP contribution in [0, 0.1) is 13.8 Å². The Morgan fingerprint density at radius 2 is 1.86 bits per heavy atom. The van der Waals surface area contributed by atoms with Crippen molar-refractivity contribution in [3.63, 3.8) is 0 Å². The molecule has 0 radical (unpaired) electrons. The standard InChI is InChI=1S/C16H15ClN4/c1-11-9-12(2)21(10-11)15-7-8-18-16(20-15)19-14-5-3-13(17)4-6-14/h3-10H,1-2H3,(H,18,19,20). The predicted octanol–water partition coefficient (Wildman–Crippen LogP) is 4.28. The molecular weight excluding hydrogens is 284 g/mol. The van der Waals surface area contributed by atoms with Crippen molar-refractivity contribution in [3.8, 4) is 5.82 Å². The molecule has 0 unspecified atom stereocenters. The zero-order valence-electron chi connectivity index (χ0n) is 11.8. The first-order valence-electron chi connectivity index (χ1n) is 6.63. The molecule has 106 valence electrons. The molecule has 21 heavy (non-hydrogen) atoms. The quantitative estimate of drug-likeness (QED) is 0.785. The lowest BCUT2D eigenvalue weighted by Gasteiger charge is -2.08. The molecule has 0 saturated carbocycles. The minimum atomic E-state index is 0.556. The van der Waals surface area contributed by atoms with Crippen LogP contribution < -0.4 is 5.32 Å². The summed E-state index contributed by atoms with van der Waals surface area (Å²) >= 11 is 5.88. The molecule has 0 bridgehead atoms. The van der Waals surface area contributed by atoms with E-state index in [0.717, 1.165) is 17.2 Å². The van der Waals surface area contributed by atoms with Gasteiger partial charge in [-0.15, -0.1) is 0 Å². The van der Waals surface area contributed by atoms with Crippen LogP contribution in [0.5, 0.6) is 0 Å². The second-order valence-corrected chi connectivity index (χ2v) is 5.34. The lowest BCUT2D eigenvalue weighted by Crippen LogP contribution is -2.02. The van der Waals surface area contributed by atoms with Crippen LogP contribution in [0.2, 0.25) is 5.02 Å². The highest BCUT2D eigenvalue weighted by Crippen LogP contribution is 2.18. The van der Waals surface area contributed by atoms with Crippen LogP contribution in [0.15, 0.2) is 48.8 Å². The van der Waals surface area contributed by atoms with E-state index in [0.29, 0.717) is 11.0 Å². The molecule has 0 fully saturated rings. The van der Waals surface area contributed by atoms with Crippen LogP contribution in [0.25, 0.3) is 5.82 Å². The van der Waals surface area contributed by atoms with E-state index >= 15 is 0 Å². The number of hydrogen-bond donors (Lipinski definition) is 1. The maximum Gasteiger partial charge on any atom is 0.229 e. The number of rotatable bonds is 3. The number of aromatic nitrogens is 3. The number of nitrogens with one attached hydrogen (secondary N) is 1. The third-order valence-electron chi connectivity index (χ3n) is 3.14. The zero-order chi connectivity index (χ0) is 14.8. The Labute approximate surface area is 128 Å². The fraction of sp³-hybridized carbons (Fsp3) is 0.125. The predicted molar refractivity (Wildman–Crippen MR) is 85.6 cm³/mol. The molecule has 4 nitrogen and oxygen atoms in total. The number of anilines is 2. The van der Waals surface area contributed by atoms with E-state index in [-0.39, 0.29) is 0 Å². The Kier molecular flexibility index (Phi) is 3.62. The number of hydrogen-bond acceptors (Lipinski definition) is 3. The number of halogens is 1. The average molecular weight is 299 g/mol. The fourth-order valence-corrected chi connectivity index (χ4v) is 2.32. The van der Waals surface area contributed by atoms with Gasteiger partial charge in [-0.25, -0.2) is 4.98 Å². The third-order valence-corrected chi connectivity index (χ3v) is 3.39. The van der Waals surface area contributed by atoms with Crippen molar-refractivity contribution in [3.05, 3.63) is 65.1 Å². The SMILES string of the molecule is Cc1cc(C)n(-c2ccnc(Nc3ccc(Cl)cc3)n2)c1. The van der Waals surface area contributed by atoms with Crippen LogP contribution in [0.1, 0.15) is 11.3 Å². The molecule has 2 aromatic heterocycles. The maximum absolute atomic E-state index is 5.88. The minimum absolute atomic E-state index is 0.556. The minimum Gasteiger partial charge on any atom is -0.324 e. The Morgan fingerprint density at radius 1 is 1.10 bits per heavy atom. The topological polar surface area (TPSA) is 42.7 Å². The third kappa shape index (κ3) is 3.06. The molecule has 0 saturated heterocycles. The van der Waals surface area contributed by atoms with Gasteiger partial charge in [-0.3, -0.25) is 0 Å². The van der Waals surface area contributed by atoms with Crippen molar-refractivity contribution in [1.29, 1.82) is 0 Å². The summed E-state index contributed by atoms with van der Waals surface area (Å²) in [6, 6.07) is 11.4. The second kappa shape index (κ2) is 5.58. The first kappa shape index (κ1) is 13.6. The van der Waals surface area contributed by atoms with Crippen LogP contribution >= 0.6 is 11.6 Å². The Bertz CT molecular complexity index is 762. The summed E-state index contributed by atoms with van der Waals surface area (Å²) in [5.41, 5.74) is 3.25. The molecule has 1 N–H and O–H groups in total. The first-order chi connectivity index (χ1) is 10.1. The molecule has 0 aliphatic carbocycles. The Hall–Kier alpha value is -2.33. The van der Waals surface area contributed by atoms with Gasteiger partial charge in [-0.2, -0.15) is 4.98 Å². The zero-order valence-corrected chi connectivity index (χ0v) is 12.6. The summed E-state index contributed by atoms with van der Waals surface area (Å²) in [7, 11) is 0. The van der Waals surface area contributed by atoms with Gasteiger partial charge in [0.2, 0.25) is 5.95 Å². The van der Waals surface area contributed by atoms with Gasteiger partial charge in [0, 0.05) is 28.8 Å². The van der Waals surface area contributed by atoms with E-state index in [4.69, 9.17) is 11.6 Å². The molecule has 0 atom stereocenters. The molecule has 0 aliphatic rings. The van der Waals surface area contributed by atoms with E-state index in [1.807, 2.05) is 34.9 Å². The lowest BCUT2D eigenvalue weighted by molar-refractivity contribution is 0.947. The summed E-state index contributed by atoms with van der Waals surface area (Å²) in [6.45, 7) is 4.12. The second-order valence-electron chi connectivity index (χ2n) is 4.90. The molecule has 2 heterocycles. The molecular formula is C16H15ClN4. The van der Waals surface area contributed by atoms with Crippen molar-refractivity contribution < 1.29 is 0 Å². The molecule has 1 aromatic carbocycles. The van der Waals surface area contributed by atoms with Crippen LogP contribution in [-0.2, 0) is 0 Å². The molecule has 0 aliphatic heterocycles. The highest BCUT2D eigenvalue weighted by Gasteiger charge is 2.05. The Morgan fingerprint density at radius 3 is 2.52 bits per heavy atom. The smallest absolute Gasteiger partial charge is 0.229 e.